The quantitative estimate of drug-likeness (QED) is 0.372. The number of nitrogens with one attached hydrogen (secondary N) is 1. The van der Waals surface area contributed by atoms with Gasteiger partial charge in [-0.1, -0.05) is 11.3 Å². The second kappa shape index (κ2) is 8.37. The van der Waals surface area contributed by atoms with Crippen molar-refractivity contribution in [3.63, 3.8) is 0 Å². The molecule has 0 saturated heterocycles. The van der Waals surface area contributed by atoms with E-state index in [0.29, 0.717) is 22.8 Å². The minimum atomic E-state index is -0.499. The summed E-state index contributed by atoms with van der Waals surface area (Å²) in [5.74, 6) is 0.0474. The van der Waals surface area contributed by atoms with Crippen LogP contribution < -0.4 is 10.1 Å². The van der Waals surface area contributed by atoms with Crippen LogP contribution in [0.5, 0.6) is 11.8 Å². The summed E-state index contributed by atoms with van der Waals surface area (Å²) in [5.41, 5.74) is 1.42. The smallest absolute Gasteiger partial charge is 0.321 e. The van der Waals surface area contributed by atoms with Crippen molar-refractivity contribution in [3.05, 3.63) is 88.5 Å². The summed E-state index contributed by atoms with van der Waals surface area (Å²) >= 11 is 0. The first kappa shape index (κ1) is 19.6. The number of nitrogens with zero attached hydrogens (tertiary/aromatic N) is 6. The highest BCUT2D eigenvalue weighted by Crippen LogP contribution is 2.21. The van der Waals surface area contributed by atoms with Crippen LogP contribution in [-0.4, -0.2) is 35.8 Å². The van der Waals surface area contributed by atoms with E-state index in [1.54, 1.807) is 61.8 Å². The Labute approximate surface area is 175 Å². The molecule has 0 aliphatic heterocycles. The molecule has 4 aromatic rings. The van der Waals surface area contributed by atoms with Crippen LogP contribution >= 0.6 is 0 Å². The number of hydrogen-bond donors (Lipinski definition) is 1. The van der Waals surface area contributed by atoms with E-state index in [2.05, 4.69) is 25.6 Å². The van der Waals surface area contributed by atoms with Crippen molar-refractivity contribution in [2.45, 2.75) is 6.92 Å². The number of rotatable bonds is 6. The summed E-state index contributed by atoms with van der Waals surface area (Å²) in [7, 11) is 0. The maximum absolute atomic E-state index is 12.6. The molecule has 0 unspecified atom stereocenters. The van der Waals surface area contributed by atoms with Crippen LogP contribution in [0.3, 0.4) is 0 Å². The second-order valence-corrected chi connectivity index (χ2v) is 6.32. The summed E-state index contributed by atoms with van der Waals surface area (Å²) in [6.45, 7) is 1.66. The van der Waals surface area contributed by atoms with Crippen molar-refractivity contribution in [1.29, 1.82) is 0 Å². The Bertz CT molecular complexity index is 1240. The van der Waals surface area contributed by atoms with Gasteiger partial charge in [-0.15, -0.1) is 5.10 Å². The molecule has 154 valence electrons. The first-order valence-corrected chi connectivity index (χ1v) is 9.04. The van der Waals surface area contributed by atoms with Gasteiger partial charge in [0, 0.05) is 30.2 Å². The normalized spacial score (nSPS) is 10.5. The number of amides is 1. The molecule has 0 aliphatic carbocycles. The van der Waals surface area contributed by atoms with Crippen LogP contribution in [0.2, 0.25) is 0 Å². The van der Waals surface area contributed by atoms with Gasteiger partial charge in [0.05, 0.1) is 16.3 Å². The summed E-state index contributed by atoms with van der Waals surface area (Å²) < 4.78 is 6.89. The lowest BCUT2D eigenvalue weighted by Crippen LogP contribution is -2.14. The molecule has 11 heteroatoms. The molecule has 2 aromatic carbocycles. The molecule has 2 aromatic heterocycles. The minimum absolute atomic E-state index is 0.0818. The van der Waals surface area contributed by atoms with Crippen molar-refractivity contribution in [3.8, 4) is 17.4 Å². The van der Waals surface area contributed by atoms with E-state index in [0.717, 1.165) is 0 Å². The van der Waals surface area contributed by atoms with Crippen LogP contribution in [0.4, 0.5) is 11.4 Å². The molecule has 1 amide bonds. The Morgan fingerprint density at radius 2 is 1.84 bits per heavy atom. The fourth-order valence-electron chi connectivity index (χ4n) is 2.76. The predicted octanol–water partition coefficient (Wildman–Crippen LogP) is 3.32. The lowest BCUT2D eigenvalue weighted by Gasteiger charge is -2.07. The van der Waals surface area contributed by atoms with Gasteiger partial charge in [-0.25, -0.2) is 14.6 Å². The highest BCUT2D eigenvalue weighted by molar-refractivity contribution is 6.03. The first-order chi connectivity index (χ1) is 15.0. The first-order valence-electron chi connectivity index (χ1n) is 9.04. The molecule has 0 spiro atoms. The van der Waals surface area contributed by atoms with Crippen molar-refractivity contribution < 1.29 is 14.5 Å². The Morgan fingerprint density at radius 1 is 1.10 bits per heavy atom. The van der Waals surface area contributed by atoms with E-state index < -0.39 is 10.8 Å². The molecule has 1 N–H and O–H groups in total. The topological polar surface area (TPSA) is 138 Å². The highest BCUT2D eigenvalue weighted by Gasteiger charge is 2.18. The van der Waals surface area contributed by atoms with Gasteiger partial charge in [0.15, 0.2) is 5.69 Å². The summed E-state index contributed by atoms with van der Waals surface area (Å²) in [6.07, 6.45) is 3.14. The third kappa shape index (κ3) is 4.34. The fraction of sp³-hybridized carbons (Fsp3) is 0.0500. The van der Waals surface area contributed by atoms with Gasteiger partial charge >= 0.3 is 6.01 Å². The Kier molecular flexibility index (Phi) is 5.30. The molecule has 2 heterocycles. The molecular weight excluding hydrogens is 402 g/mol. The Morgan fingerprint density at radius 3 is 2.55 bits per heavy atom. The average Bonchev–Trinajstić information content (AvgIpc) is 3.17. The molecule has 0 saturated carbocycles. The fourth-order valence-corrected chi connectivity index (χ4v) is 2.76. The van der Waals surface area contributed by atoms with E-state index in [4.69, 9.17) is 4.74 Å². The number of anilines is 1. The maximum Gasteiger partial charge on any atom is 0.321 e. The summed E-state index contributed by atoms with van der Waals surface area (Å²) in [5, 5.41) is 21.6. The van der Waals surface area contributed by atoms with Crippen LogP contribution in [-0.2, 0) is 0 Å². The monoisotopic (exact) mass is 417 g/mol. The third-order valence-electron chi connectivity index (χ3n) is 4.26. The Balaban J connectivity index is 1.48. The van der Waals surface area contributed by atoms with Gasteiger partial charge < -0.3 is 10.1 Å². The highest BCUT2D eigenvalue weighted by atomic mass is 16.6. The predicted molar refractivity (Wildman–Crippen MR) is 109 cm³/mol. The molecule has 0 atom stereocenters. The summed E-state index contributed by atoms with van der Waals surface area (Å²) in [6, 6.07) is 14.5. The number of non-ortho nitro benzene ring substituents is 1. The number of benzene rings is 2. The standard InChI is InChI=1S/C20H15N7O4/c1-13-18(24-25-26(13)15-4-2-5-16(12-15)27(29)30)19(28)23-14-6-8-17(9-7-14)31-20-21-10-3-11-22-20/h2-12H,1H3,(H,23,28). The molecule has 31 heavy (non-hydrogen) atoms. The lowest BCUT2D eigenvalue weighted by atomic mass is 10.2. The van der Waals surface area contributed by atoms with Crippen molar-refractivity contribution in [2.24, 2.45) is 0 Å². The molecule has 11 nitrogen and oxygen atoms in total. The van der Waals surface area contributed by atoms with Crippen LogP contribution in [0.15, 0.2) is 67.0 Å². The van der Waals surface area contributed by atoms with Crippen LogP contribution in [0.25, 0.3) is 5.69 Å². The van der Waals surface area contributed by atoms with Gasteiger partial charge in [0.1, 0.15) is 5.75 Å². The zero-order valence-corrected chi connectivity index (χ0v) is 16.2. The van der Waals surface area contributed by atoms with E-state index in [-0.39, 0.29) is 17.4 Å². The van der Waals surface area contributed by atoms with E-state index in [9.17, 15) is 14.9 Å². The van der Waals surface area contributed by atoms with Gasteiger partial charge in [-0.3, -0.25) is 14.9 Å². The molecular formula is C20H15N7O4. The van der Waals surface area contributed by atoms with Crippen molar-refractivity contribution >= 4 is 17.3 Å². The molecule has 0 aliphatic rings. The zero-order chi connectivity index (χ0) is 21.8. The van der Waals surface area contributed by atoms with E-state index >= 15 is 0 Å². The van der Waals surface area contributed by atoms with E-state index in [1.807, 2.05) is 0 Å². The third-order valence-corrected chi connectivity index (χ3v) is 4.26. The number of hydrogen-bond acceptors (Lipinski definition) is 8. The Hall–Kier alpha value is -4.67. The molecule has 4 rings (SSSR count). The van der Waals surface area contributed by atoms with Gasteiger partial charge in [-0.2, -0.15) is 0 Å². The maximum atomic E-state index is 12.6. The average molecular weight is 417 g/mol. The van der Waals surface area contributed by atoms with Crippen LogP contribution in [0.1, 0.15) is 16.2 Å². The number of nitro benzene ring substituents is 1. The number of aromatic nitrogens is 5. The lowest BCUT2D eigenvalue weighted by molar-refractivity contribution is -0.384. The number of nitro groups is 1. The molecule has 0 fully saturated rings. The largest absolute Gasteiger partial charge is 0.424 e. The van der Waals surface area contributed by atoms with Gasteiger partial charge in [-0.05, 0) is 43.3 Å². The number of carbonyl (C=O) groups excluding carboxylic acids is 1. The SMILES string of the molecule is Cc1c(C(=O)Nc2ccc(Oc3ncccn3)cc2)nnn1-c1cccc([N+](=O)[O-])c1. The van der Waals surface area contributed by atoms with Gasteiger partial charge in [0.25, 0.3) is 11.6 Å². The van der Waals surface area contributed by atoms with E-state index in [1.165, 1.54) is 16.8 Å². The molecule has 0 radical (unpaired) electrons. The second-order valence-electron chi connectivity index (χ2n) is 6.32. The van der Waals surface area contributed by atoms with Crippen LogP contribution in [0, 0.1) is 17.0 Å². The van der Waals surface area contributed by atoms with Gasteiger partial charge in [0.2, 0.25) is 0 Å². The number of carbonyl (C=O) groups is 1. The van der Waals surface area contributed by atoms with Crippen molar-refractivity contribution in [1.82, 2.24) is 25.0 Å². The number of ether oxygens (including phenoxy) is 1. The van der Waals surface area contributed by atoms with Crippen molar-refractivity contribution in [2.75, 3.05) is 5.32 Å². The summed E-state index contributed by atoms with van der Waals surface area (Å²) in [4.78, 5) is 31.1. The zero-order valence-electron chi connectivity index (χ0n) is 16.2. The minimum Gasteiger partial charge on any atom is -0.424 e. The molecule has 0 bridgehead atoms.